The van der Waals surface area contributed by atoms with Crippen molar-refractivity contribution in [3.8, 4) is 0 Å². The van der Waals surface area contributed by atoms with Gasteiger partial charge >= 0.3 is 0 Å². The Morgan fingerprint density at radius 1 is 0.966 bits per heavy atom. The molecule has 1 aromatic carbocycles. The van der Waals surface area contributed by atoms with Crippen molar-refractivity contribution >= 4 is 29.2 Å². The summed E-state index contributed by atoms with van der Waals surface area (Å²) in [5.74, 6) is 0.0292. The number of carbonyl (C=O) groups excluding carboxylic acids is 3. The van der Waals surface area contributed by atoms with E-state index >= 15 is 0 Å². The van der Waals surface area contributed by atoms with Crippen LogP contribution in [0.3, 0.4) is 0 Å². The van der Waals surface area contributed by atoms with Crippen LogP contribution in [0.25, 0.3) is 0 Å². The van der Waals surface area contributed by atoms with E-state index in [1.807, 2.05) is 0 Å². The monoisotopic (exact) mass is 396 g/mol. The molecule has 3 N–H and O–H groups in total. The summed E-state index contributed by atoms with van der Waals surface area (Å²) in [6, 6.07) is 8.26. The molecule has 0 bridgehead atoms. The maximum atomic E-state index is 12.3. The average molecular weight is 396 g/mol. The van der Waals surface area contributed by atoms with Crippen LogP contribution in [0, 0.1) is 0 Å². The lowest BCUT2D eigenvalue weighted by Crippen LogP contribution is -2.35. The molecule has 0 unspecified atom stereocenters. The molecule has 3 rings (SSSR count). The molecule has 0 aliphatic carbocycles. The largest absolute Gasteiger partial charge is 0.357 e. The van der Waals surface area contributed by atoms with Gasteiger partial charge in [-0.15, -0.1) is 0 Å². The molecule has 1 aliphatic heterocycles. The predicted molar refractivity (Wildman–Crippen MR) is 109 cm³/mol. The van der Waals surface area contributed by atoms with Crippen LogP contribution < -0.4 is 20.9 Å². The Hall–Kier alpha value is -3.49. The topological polar surface area (TPSA) is 116 Å². The van der Waals surface area contributed by atoms with Crippen LogP contribution in [0.15, 0.2) is 36.7 Å². The van der Waals surface area contributed by atoms with Crippen molar-refractivity contribution in [3.63, 3.8) is 0 Å². The Labute approximate surface area is 168 Å². The van der Waals surface area contributed by atoms with E-state index in [0.717, 1.165) is 31.7 Å². The van der Waals surface area contributed by atoms with Crippen molar-refractivity contribution < 1.29 is 14.4 Å². The number of hydrogen-bond acceptors (Lipinski definition) is 6. The smallest absolute Gasteiger partial charge is 0.270 e. The van der Waals surface area contributed by atoms with Gasteiger partial charge in [-0.05, 0) is 37.1 Å². The van der Waals surface area contributed by atoms with E-state index in [9.17, 15) is 14.4 Å². The van der Waals surface area contributed by atoms with Gasteiger partial charge in [-0.1, -0.05) is 0 Å². The number of hydrogen-bond donors (Lipinski definition) is 3. The summed E-state index contributed by atoms with van der Waals surface area (Å²) in [4.78, 5) is 45.8. The molecule has 1 aromatic heterocycles. The molecule has 9 nitrogen and oxygen atoms in total. The van der Waals surface area contributed by atoms with Crippen molar-refractivity contribution in [2.45, 2.75) is 19.8 Å². The highest BCUT2D eigenvalue weighted by Crippen LogP contribution is 2.17. The summed E-state index contributed by atoms with van der Waals surface area (Å²) >= 11 is 0. The van der Waals surface area contributed by atoms with Gasteiger partial charge < -0.3 is 20.9 Å². The second kappa shape index (κ2) is 9.63. The summed E-state index contributed by atoms with van der Waals surface area (Å²) in [6.45, 7) is 3.86. The van der Waals surface area contributed by atoms with Crippen molar-refractivity contribution in [2.24, 2.45) is 0 Å². The quantitative estimate of drug-likeness (QED) is 0.606. The first kappa shape index (κ1) is 20.2. The van der Waals surface area contributed by atoms with Gasteiger partial charge in [0.15, 0.2) is 0 Å². The fraction of sp³-hybridized carbons (Fsp3) is 0.350. The Kier molecular flexibility index (Phi) is 6.72. The third-order valence-electron chi connectivity index (χ3n) is 4.48. The molecule has 2 heterocycles. The molecule has 1 aliphatic rings. The predicted octanol–water partition coefficient (Wildman–Crippen LogP) is 1.19. The summed E-state index contributed by atoms with van der Waals surface area (Å²) in [7, 11) is 0. The van der Waals surface area contributed by atoms with Crippen LogP contribution in [0.1, 0.15) is 40.6 Å². The lowest BCUT2D eigenvalue weighted by Gasteiger charge is -2.16. The molecule has 1 fully saturated rings. The van der Waals surface area contributed by atoms with Gasteiger partial charge in [0, 0.05) is 50.4 Å². The molecular weight excluding hydrogens is 372 g/mol. The highest BCUT2D eigenvalue weighted by atomic mass is 16.2. The Balaban J connectivity index is 1.44. The Morgan fingerprint density at radius 2 is 1.62 bits per heavy atom. The number of rotatable bonds is 7. The van der Waals surface area contributed by atoms with E-state index in [2.05, 4.69) is 30.8 Å². The van der Waals surface area contributed by atoms with Gasteiger partial charge in [0.1, 0.15) is 17.8 Å². The lowest BCUT2D eigenvalue weighted by atomic mass is 10.2. The number of amides is 3. The van der Waals surface area contributed by atoms with Gasteiger partial charge in [0.2, 0.25) is 5.91 Å². The average Bonchev–Trinajstić information content (AvgIpc) is 3.26. The molecule has 0 atom stereocenters. The minimum Gasteiger partial charge on any atom is -0.357 e. The first-order chi connectivity index (χ1) is 14.0. The second-order valence-electron chi connectivity index (χ2n) is 6.73. The van der Waals surface area contributed by atoms with Crippen LogP contribution >= 0.6 is 0 Å². The molecule has 0 spiro atoms. The maximum absolute atomic E-state index is 12.3. The van der Waals surface area contributed by atoms with E-state index in [4.69, 9.17) is 0 Å². The van der Waals surface area contributed by atoms with Crippen molar-refractivity contribution in [3.05, 3.63) is 47.9 Å². The molecule has 2 aromatic rings. The minimum atomic E-state index is -0.304. The van der Waals surface area contributed by atoms with E-state index in [1.165, 1.54) is 13.3 Å². The lowest BCUT2D eigenvalue weighted by molar-refractivity contribution is -0.114. The fourth-order valence-electron chi connectivity index (χ4n) is 3.04. The van der Waals surface area contributed by atoms with Crippen LogP contribution in [0.5, 0.6) is 0 Å². The first-order valence-corrected chi connectivity index (χ1v) is 9.54. The number of nitrogens with one attached hydrogen (secondary N) is 3. The number of carbonyl (C=O) groups is 3. The standard InChI is InChI=1S/C20H24N6O3/c1-14(27)25-16-6-4-15(5-7-16)19(28)21-8-9-22-20(29)17-12-18(24-13-23-17)26-10-2-3-11-26/h4-7,12-13H,2-3,8-11H2,1H3,(H,21,28)(H,22,29)(H,25,27). The zero-order valence-electron chi connectivity index (χ0n) is 16.3. The maximum Gasteiger partial charge on any atom is 0.270 e. The van der Waals surface area contributed by atoms with E-state index in [0.29, 0.717) is 16.9 Å². The van der Waals surface area contributed by atoms with Crippen molar-refractivity contribution in [1.82, 2.24) is 20.6 Å². The Bertz CT molecular complexity index is 878. The zero-order chi connectivity index (χ0) is 20.6. The van der Waals surface area contributed by atoms with E-state index in [-0.39, 0.29) is 30.8 Å². The highest BCUT2D eigenvalue weighted by Gasteiger charge is 2.16. The molecular formula is C20H24N6O3. The first-order valence-electron chi connectivity index (χ1n) is 9.54. The normalized spacial score (nSPS) is 13.1. The summed E-state index contributed by atoms with van der Waals surface area (Å²) in [5, 5.41) is 8.13. The van der Waals surface area contributed by atoms with E-state index in [1.54, 1.807) is 30.3 Å². The van der Waals surface area contributed by atoms with Gasteiger partial charge in [0.25, 0.3) is 11.8 Å². The van der Waals surface area contributed by atoms with Crippen LogP contribution in [0.4, 0.5) is 11.5 Å². The second-order valence-corrected chi connectivity index (χ2v) is 6.73. The van der Waals surface area contributed by atoms with Gasteiger partial charge in [0.05, 0.1) is 0 Å². The fourth-order valence-corrected chi connectivity index (χ4v) is 3.04. The molecule has 152 valence electrons. The third kappa shape index (κ3) is 5.74. The number of nitrogens with zero attached hydrogens (tertiary/aromatic N) is 3. The number of benzene rings is 1. The third-order valence-corrected chi connectivity index (χ3v) is 4.48. The molecule has 0 saturated carbocycles. The SMILES string of the molecule is CC(=O)Nc1ccc(C(=O)NCCNC(=O)c2cc(N3CCCC3)ncn2)cc1. The Morgan fingerprint density at radius 3 is 2.28 bits per heavy atom. The summed E-state index contributed by atoms with van der Waals surface area (Å²) < 4.78 is 0. The molecule has 29 heavy (non-hydrogen) atoms. The minimum absolute atomic E-state index is 0.172. The molecule has 1 saturated heterocycles. The van der Waals surface area contributed by atoms with Gasteiger partial charge in [-0.2, -0.15) is 0 Å². The van der Waals surface area contributed by atoms with Crippen molar-refractivity contribution in [2.75, 3.05) is 36.4 Å². The number of aromatic nitrogens is 2. The molecule has 9 heteroatoms. The van der Waals surface area contributed by atoms with Crippen LogP contribution in [0.2, 0.25) is 0 Å². The van der Waals surface area contributed by atoms with Crippen LogP contribution in [-0.2, 0) is 4.79 Å². The van der Waals surface area contributed by atoms with Crippen LogP contribution in [-0.4, -0.2) is 53.9 Å². The van der Waals surface area contributed by atoms with Crippen molar-refractivity contribution in [1.29, 1.82) is 0 Å². The molecule has 3 amide bonds. The number of anilines is 2. The zero-order valence-corrected chi connectivity index (χ0v) is 16.3. The summed E-state index contributed by atoms with van der Waals surface area (Å²) in [5.41, 5.74) is 1.40. The van der Waals surface area contributed by atoms with Gasteiger partial charge in [-0.25, -0.2) is 9.97 Å². The van der Waals surface area contributed by atoms with E-state index < -0.39 is 0 Å². The highest BCUT2D eigenvalue weighted by molar-refractivity contribution is 5.95. The summed E-state index contributed by atoms with van der Waals surface area (Å²) in [6.07, 6.45) is 3.65. The van der Waals surface area contributed by atoms with Gasteiger partial charge in [-0.3, -0.25) is 14.4 Å². The molecule has 0 radical (unpaired) electrons.